The monoisotopic (exact) mass is 385 g/mol. The molecular formula is C19H19N3O6. The van der Waals surface area contributed by atoms with Crippen molar-refractivity contribution in [1.82, 2.24) is 5.16 Å². The van der Waals surface area contributed by atoms with E-state index in [1.54, 1.807) is 32.0 Å². The van der Waals surface area contributed by atoms with Crippen molar-refractivity contribution in [3.8, 4) is 11.5 Å². The Morgan fingerprint density at radius 3 is 2.54 bits per heavy atom. The van der Waals surface area contributed by atoms with Gasteiger partial charge in [0.2, 0.25) is 5.91 Å². The number of hydrogen-bond donors (Lipinski definition) is 1. The number of hydrogen-bond acceptors (Lipinski definition) is 7. The van der Waals surface area contributed by atoms with Gasteiger partial charge in [0, 0.05) is 11.5 Å². The fraction of sp³-hybridized carbons (Fsp3) is 0.263. The number of nitrogens with one attached hydrogen (secondary N) is 1. The highest BCUT2D eigenvalue weighted by Gasteiger charge is 2.22. The first kappa shape index (κ1) is 19.2. The summed E-state index contributed by atoms with van der Waals surface area (Å²) >= 11 is 0. The highest BCUT2D eigenvalue weighted by molar-refractivity contribution is 5.96. The summed E-state index contributed by atoms with van der Waals surface area (Å²) in [6.07, 6.45) is -0.0919. The van der Waals surface area contributed by atoms with E-state index in [0.717, 1.165) is 0 Å². The summed E-state index contributed by atoms with van der Waals surface area (Å²) in [4.78, 5) is 23.4. The van der Waals surface area contributed by atoms with E-state index in [9.17, 15) is 14.9 Å². The van der Waals surface area contributed by atoms with Gasteiger partial charge in [0.1, 0.15) is 11.4 Å². The molecule has 3 rings (SSSR count). The third-order valence-electron chi connectivity index (χ3n) is 3.91. The minimum absolute atomic E-state index is 0.0229. The van der Waals surface area contributed by atoms with Crippen molar-refractivity contribution in [3.63, 3.8) is 0 Å². The van der Waals surface area contributed by atoms with Crippen molar-refractivity contribution in [2.75, 3.05) is 18.5 Å². The fourth-order valence-corrected chi connectivity index (χ4v) is 2.75. The van der Waals surface area contributed by atoms with E-state index in [1.165, 1.54) is 12.1 Å². The lowest BCUT2D eigenvalue weighted by molar-refractivity contribution is -0.384. The van der Waals surface area contributed by atoms with E-state index in [2.05, 4.69) is 10.5 Å². The Bertz CT molecular complexity index is 1010. The minimum Gasteiger partial charge on any atom is -0.490 e. The number of fused-ring (bicyclic) bond motifs is 1. The second-order valence-electron chi connectivity index (χ2n) is 5.79. The molecule has 1 N–H and O–H groups in total. The zero-order chi connectivity index (χ0) is 20.1. The SMILES string of the molecule is CCOc1cc(NC(=O)Cc2noc3ccccc23)c([N+](=O)[O-])cc1OCC. The van der Waals surface area contributed by atoms with Crippen molar-refractivity contribution in [1.29, 1.82) is 0 Å². The molecule has 2 aromatic carbocycles. The molecule has 9 heteroatoms. The molecule has 0 aliphatic heterocycles. The highest BCUT2D eigenvalue weighted by Crippen LogP contribution is 2.38. The van der Waals surface area contributed by atoms with Gasteiger partial charge in [0.15, 0.2) is 17.1 Å². The van der Waals surface area contributed by atoms with Gasteiger partial charge in [0.05, 0.1) is 30.6 Å². The number of nitro groups is 1. The van der Waals surface area contributed by atoms with E-state index in [0.29, 0.717) is 35.6 Å². The Morgan fingerprint density at radius 2 is 1.86 bits per heavy atom. The number of para-hydroxylation sites is 1. The van der Waals surface area contributed by atoms with Crippen molar-refractivity contribution in [3.05, 3.63) is 52.2 Å². The van der Waals surface area contributed by atoms with Crippen LogP contribution in [-0.4, -0.2) is 29.2 Å². The second kappa shape index (κ2) is 8.38. The average molecular weight is 385 g/mol. The van der Waals surface area contributed by atoms with Gasteiger partial charge in [-0.15, -0.1) is 0 Å². The lowest BCUT2D eigenvalue weighted by Crippen LogP contribution is -2.16. The molecule has 0 radical (unpaired) electrons. The maximum absolute atomic E-state index is 12.5. The molecular weight excluding hydrogens is 366 g/mol. The Labute approximate surface area is 160 Å². The quantitative estimate of drug-likeness (QED) is 0.464. The zero-order valence-electron chi connectivity index (χ0n) is 15.4. The Kier molecular flexibility index (Phi) is 5.73. The molecule has 0 unspecified atom stereocenters. The number of amides is 1. The van der Waals surface area contributed by atoms with Crippen LogP contribution in [0.2, 0.25) is 0 Å². The van der Waals surface area contributed by atoms with Crippen LogP contribution in [0.3, 0.4) is 0 Å². The molecule has 0 saturated heterocycles. The topological polar surface area (TPSA) is 117 Å². The van der Waals surface area contributed by atoms with Gasteiger partial charge in [-0.2, -0.15) is 0 Å². The molecule has 0 fully saturated rings. The maximum Gasteiger partial charge on any atom is 0.296 e. The Morgan fingerprint density at radius 1 is 1.18 bits per heavy atom. The lowest BCUT2D eigenvalue weighted by Gasteiger charge is -2.13. The van der Waals surface area contributed by atoms with Crippen LogP contribution in [0.5, 0.6) is 11.5 Å². The minimum atomic E-state index is -0.584. The summed E-state index contributed by atoms with van der Waals surface area (Å²) in [6.45, 7) is 4.21. The van der Waals surface area contributed by atoms with Gasteiger partial charge in [-0.05, 0) is 26.0 Å². The largest absolute Gasteiger partial charge is 0.490 e. The predicted molar refractivity (Wildman–Crippen MR) is 102 cm³/mol. The van der Waals surface area contributed by atoms with Crippen LogP contribution in [0.1, 0.15) is 19.5 Å². The number of anilines is 1. The normalized spacial score (nSPS) is 10.6. The standard InChI is InChI=1S/C19H19N3O6/c1-3-26-17-9-14(15(22(24)25)11-18(17)27-4-2)20-19(23)10-13-12-7-5-6-8-16(12)28-21-13/h5-9,11H,3-4,10H2,1-2H3,(H,20,23). The predicted octanol–water partition coefficient (Wildman–Crippen LogP) is 3.71. The van der Waals surface area contributed by atoms with Crippen molar-refractivity contribution in [2.24, 2.45) is 0 Å². The van der Waals surface area contributed by atoms with Crippen LogP contribution >= 0.6 is 0 Å². The summed E-state index contributed by atoms with van der Waals surface area (Å²) in [5.41, 5.74) is 0.752. The molecule has 0 aliphatic rings. The van der Waals surface area contributed by atoms with Crippen LogP contribution in [0.15, 0.2) is 40.9 Å². The number of nitrogens with zero attached hydrogens (tertiary/aromatic N) is 2. The number of carbonyl (C=O) groups excluding carboxylic acids is 1. The van der Waals surface area contributed by atoms with Gasteiger partial charge in [-0.3, -0.25) is 14.9 Å². The molecule has 1 heterocycles. The van der Waals surface area contributed by atoms with Gasteiger partial charge < -0.3 is 19.3 Å². The Balaban J connectivity index is 1.88. The molecule has 28 heavy (non-hydrogen) atoms. The average Bonchev–Trinajstić information content (AvgIpc) is 3.06. The first-order valence-corrected chi connectivity index (χ1v) is 8.74. The molecule has 9 nitrogen and oxygen atoms in total. The second-order valence-corrected chi connectivity index (χ2v) is 5.79. The molecule has 0 spiro atoms. The molecule has 0 atom stereocenters. The summed E-state index contributed by atoms with van der Waals surface area (Å²) in [7, 11) is 0. The van der Waals surface area contributed by atoms with Crippen molar-refractivity contribution < 1.29 is 23.7 Å². The van der Waals surface area contributed by atoms with Gasteiger partial charge in [0.25, 0.3) is 5.69 Å². The molecule has 0 saturated carbocycles. The molecule has 146 valence electrons. The summed E-state index contributed by atoms with van der Waals surface area (Å²) in [6, 6.07) is 9.79. The molecule has 1 aromatic heterocycles. The lowest BCUT2D eigenvalue weighted by atomic mass is 10.1. The zero-order valence-corrected chi connectivity index (χ0v) is 15.4. The fourth-order valence-electron chi connectivity index (χ4n) is 2.75. The number of ether oxygens (including phenoxy) is 2. The van der Waals surface area contributed by atoms with Crippen LogP contribution in [0, 0.1) is 10.1 Å². The number of carbonyl (C=O) groups is 1. The molecule has 3 aromatic rings. The summed E-state index contributed by atoms with van der Waals surface area (Å²) in [5.74, 6) is 0.0995. The van der Waals surface area contributed by atoms with Crippen molar-refractivity contribution >= 4 is 28.3 Å². The van der Waals surface area contributed by atoms with E-state index >= 15 is 0 Å². The number of aromatic nitrogens is 1. The first-order valence-electron chi connectivity index (χ1n) is 8.74. The van der Waals surface area contributed by atoms with E-state index in [1.807, 2.05) is 6.07 Å². The smallest absolute Gasteiger partial charge is 0.296 e. The summed E-state index contributed by atoms with van der Waals surface area (Å²) < 4.78 is 16.1. The third-order valence-corrected chi connectivity index (χ3v) is 3.91. The molecule has 0 bridgehead atoms. The van der Waals surface area contributed by atoms with Gasteiger partial charge >= 0.3 is 0 Å². The van der Waals surface area contributed by atoms with Crippen LogP contribution in [0.25, 0.3) is 11.0 Å². The van der Waals surface area contributed by atoms with E-state index in [4.69, 9.17) is 14.0 Å². The van der Waals surface area contributed by atoms with Crippen molar-refractivity contribution in [2.45, 2.75) is 20.3 Å². The van der Waals surface area contributed by atoms with E-state index < -0.39 is 10.8 Å². The van der Waals surface area contributed by atoms with Gasteiger partial charge in [-0.25, -0.2) is 0 Å². The first-order chi connectivity index (χ1) is 13.5. The maximum atomic E-state index is 12.5. The summed E-state index contributed by atoms with van der Waals surface area (Å²) in [5, 5.41) is 18.6. The third kappa shape index (κ3) is 4.03. The highest BCUT2D eigenvalue weighted by atomic mass is 16.6. The molecule has 0 aliphatic carbocycles. The number of rotatable bonds is 8. The molecule has 1 amide bonds. The van der Waals surface area contributed by atoms with Crippen LogP contribution in [0.4, 0.5) is 11.4 Å². The number of benzene rings is 2. The Hall–Kier alpha value is -3.62. The van der Waals surface area contributed by atoms with Crippen LogP contribution < -0.4 is 14.8 Å². The van der Waals surface area contributed by atoms with Gasteiger partial charge in [-0.1, -0.05) is 17.3 Å². The van der Waals surface area contributed by atoms with E-state index in [-0.39, 0.29) is 23.5 Å². The number of nitro benzene ring substituents is 1. The van der Waals surface area contributed by atoms with Crippen LogP contribution in [-0.2, 0) is 11.2 Å².